The van der Waals surface area contributed by atoms with Crippen LogP contribution >= 0.6 is 15.9 Å². The Kier molecular flexibility index (Phi) is 3.97. The van der Waals surface area contributed by atoms with Crippen LogP contribution in [0.5, 0.6) is 0 Å². The van der Waals surface area contributed by atoms with E-state index in [1.165, 1.54) is 6.42 Å². The summed E-state index contributed by atoms with van der Waals surface area (Å²) in [7, 11) is 0. The summed E-state index contributed by atoms with van der Waals surface area (Å²) in [5.74, 6) is 2.27. The molecule has 6 heteroatoms. The van der Waals surface area contributed by atoms with E-state index >= 15 is 0 Å². The Balaban J connectivity index is 1.96. The average Bonchev–Trinajstić information content (AvgIpc) is 2.93. The van der Waals surface area contributed by atoms with E-state index in [0.717, 1.165) is 34.6 Å². The fourth-order valence-corrected chi connectivity index (χ4v) is 3.50. The quantitative estimate of drug-likeness (QED) is 0.839. The van der Waals surface area contributed by atoms with Gasteiger partial charge in [0.05, 0.1) is 6.04 Å². The van der Waals surface area contributed by atoms with E-state index in [1.807, 2.05) is 22.9 Å². The molecule has 3 unspecified atom stereocenters. The van der Waals surface area contributed by atoms with Crippen LogP contribution in [0.2, 0.25) is 0 Å². The molecular formula is C15H20BrN5. The summed E-state index contributed by atoms with van der Waals surface area (Å²) < 4.78 is 2.94. The molecule has 1 fully saturated rings. The monoisotopic (exact) mass is 349 g/mol. The van der Waals surface area contributed by atoms with E-state index in [0.29, 0.717) is 17.6 Å². The van der Waals surface area contributed by atoms with Crippen LogP contribution in [0.25, 0.3) is 11.4 Å². The lowest BCUT2D eigenvalue weighted by Gasteiger charge is -2.32. The zero-order valence-corrected chi connectivity index (χ0v) is 13.9. The summed E-state index contributed by atoms with van der Waals surface area (Å²) in [6.07, 6.45) is 3.48. The van der Waals surface area contributed by atoms with Crippen molar-refractivity contribution in [3.63, 3.8) is 0 Å². The average molecular weight is 350 g/mol. The number of nitrogen functional groups attached to an aromatic ring is 1. The van der Waals surface area contributed by atoms with Gasteiger partial charge in [0, 0.05) is 15.7 Å². The molecule has 0 spiro atoms. The van der Waals surface area contributed by atoms with Gasteiger partial charge in [-0.3, -0.25) is 0 Å². The third-order valence-corrected chi connectivity index (χ3v) is 5.33. The Hall–Kier alpha value is -1.43. The first-order valence-corrected chi connectivity index (χ1v) is 8.19. The molecule has 1 saturated carbocycles. The maximum Gasteiger partial charge on any atom is 0.183 e. The number of anilines is 1. The molecule has 0 radical (unpaired) electrons. The van der Waals surface area contributed by atoms with Gasteiger partial charge >= 0.3 is 0 Å². The Morgan fingerprint density at radius 2 is 2.05 bits per heavy atom. The van der Waals surface area contributed by atoms with Crippen LogP contribution in [0.15, 0.2) is 22.7 Å². The van der Waals surface area contributed by atoms with Crippen molar-refractivity contribution in [2.24, 2.45) is 11.8 Å². The van der Waals surface area contributed by atoms with Gasteiger partial charge in [-0.2, -0.15) is 0 Å². The molecule has 1 heterocycles. The van der Waals surface area contributed by atoms with Gasteiger partial charge in [0.15, 0.2) is 5.82 Å². The van der Waals surface area contributed by atoms with Crippen molar-refractivity contribution in [2.75, 3.05) is 5.73 Å². The third-order valence-electron chi connectivity index (χ3n) is 4.64. The van der Waals surface area contributed by atoms with Crippen LogP contribution < -0.4 is 5.73 Å². The predicted molar refractivity (Wildman–Crippen MR) is 86.6 cm³/mol. The summed E-state index contributed by atoms with van der Waals surface area (Å²) in [4.78, 5) is 0. The van der Waals surface area contributed by atoms with Crippen LogP contribution in [0.4, 0.5) is 5.69 Å². The molecule has 1 aromatic carbocycles. The van der Waals surface area contributed by atoms with Crippen LogP contribution in [0.3, 0.4) is 0 Å². The number of rotatable bonds is 2. The molecule has 3 rings (SSSR count). The number of hydrogen-bond acceptors (Lipinski definition) is 4. The van der Waals surface area contributed by atoms with E-state index in [-0.39, 0.29) is 0 Å². The lowest BCUT2D eigenvalue weighted by Crippen LogP contribution is -2.24. The van der Waals surface area contributed by atoms with Gasteiger partial charge in [-0.1, -0.05) is 29.8 Å². The van der Waals surface area contributed by atoms with Gasteiger partial charge < -0.3 is 5.73 Å². The van der Waals surface area contributed by atoms with E-state index in [1.54, 1.807) is 0 Å². The number of hydrogen-bond donors (Lipinski definition) is 1. The molecule has 1 aliphatic carbocycles. The molecule has 0 saturated heterocycles. The number of halogens is 1. The van der Waals surface area contributed by atoms with Crippen molar-refractivity contribution in [3.05, 3.63) is 22.7 Å². The standard InChI is InChI=1S/C15H20BrN5/c1-9-3-5-12(7-10(9)2)21-15(18-19-20-21)13-8-11(17)4-6-14(13)16/h4,6,8-10,12H,3,5,7,17H2,1-2H3. The minimum absolute atomic E-state index is 0.370. The molecule has 5 nitrogen and oxygen atoms in total. The van der Waals surface area contributed by atoms with E-state index < -0.39 is 0 Å². The number of benzene rings is 1. The summed E-state index contributed by atoms with van der Waals surface area (Å²) >= 11 is 3.57. The zero-order chi connectivity index (χ0) is 15.0. The third kappa shape index (κ3) is 2.81. The highest BCUT2D eigenvalue weighted by atomic mass is 79.9. The summed E-state index contributed by atoms with van der Waals surface area (Å²) in [6, 6.07) is 6.09. The van der Waals surface area contributed by atoms with Crippen LogP contribution in [0.1, 0.15) is 39.2 Å². The minimum atomic E-state index is 0.370. The maximum atomic E-state index is 5.90. The normalized spacial score (nSPS) is 26.0. The molecule has 3 atom stereocenters. The highest BCUT2D eigenvalue weighted by Crippen LogP contribution is 2.38. The van der Waals surface area contributed by atoms with Gasteiger partial charge in [-0.25, -0.2) is 4.68 Å². The Labute approximate surface area is 133 Å². The molecular weight excluding hydrogens is 330 g/mol. The summed E-state index contributed by atoms with van der Waals surface area (Å²) in [5.41, 5.74) is 7.57. The van der Waals surface area contributed by atoms with Crippen LogP contribution in [-0.2, 0) is 0 Å². The molecule has 2 N–H and O–H groups in total. The smallest absolute Gasteiger partial charge is 0.183 e. The Morgan fingerprint density at radius 1 is 1.24 bits per heavy atom. The summed E-state index contributed by atoms with van der Waals surface area (Å²) in [5, 5.41) is 12.4. The second-order valence-electron chi connectivity index (χ2n) is 6.11. The second kappa shape index (κ2) is 5.75. The van der Waals surface area contributed by atoms with Crippen LogP contribution in [-0.4, -0.2) is 20.2 Å². The number of aromatic nitrogens is 4. The first-order valence-electron chi connectivity index (χ1n) is 7.39. The van der Waals surface area contributed by atoms with Gasteiger partial charge in [-0.15, -0.1) is 5.10 Å². The number of nitrogens with zero attached hydrogens (tertiary/aromatic N) is 4. The predicted octanol–water partition coefficient (Wildman–Crippen LogP) is 3.68. The molecule has 0 amide bonds. The van der Waals surface area contributed by atoms with Crippen molar-refractivity contribution < 1.29 is 0 Å². The summed E-state index contributed by atoms with van der Waals surface area (Å²) in [6.45, 7) is 4.65. The number of tetrazole rings is 1. The van der Waals surface area contributed by atoms with Crippen molar-refractivity contribution in [3.8, 4) is 11.4 Å². The lowest BCUT2D eigenvalue weighted by molar-refractivity contribution is 0.200. The second-order valence-corrected chi connectivity index (χ2v) is 6.96. The lowest BCUT2D eigenvalue weighted by atomic mass is 9.79. The van der Waals surface area contributed by atoms with E-state index in [2.05, 4.69) is 45.3 Å². The van der Waals surface area contributed by atoms with Gasteiger partial charge in [0.2, 0.25) is 0 Å². The van der Waals surface area contributed by atoms with E-state index in [9.17, 15) is 0 Å². The largest absolute Gasteiger partial charge is 0.399 e. The molecule has 112 valence electrons. The topological polar surface area (TPSA) is 69.6 Å². The Morgan fingerprint density at radius 3 is 2.81 bits per heavy atom. The minimum Gasteiger partial charge on any atom is -0.399 e. The first kappa shape index (κ1) is 14.5. The molecule has 0 aliphatic heterocycles. The van der Waals surface area contributed by atoms with Crippen molar-refractivity contribution in [2.45, 2.75) is 39.2 Å². The SMILES string of the molecule is CC1CCC(n2nnnc2-c2cc(N)ccc2Br)CC1C. The highest BCUT2D eigenvalue weighted by Gasteiger charge is 2.28. The number of nitrogens with two attached hydrogens (primary N) is 1. The molecule has 2 aromatic rings. The van der Waals surface area contributed by atoms with Gasteiger partial charge in [0.25, 0.3) is 0 Å². The molecule has 1 aromatic heterocycles. The highest BCUT2D eigenvalue weighted by molar-refractivity contribution is 9.10. The molecule has 1 aliphatic rings. The maximum absolute atomic E-state index is 5.90. The fraction of sp³-hybridized carbons (Fsp3) is 0.533. The fourth-order valence-electron chi connectivity index (χ4n) is 3.07. The first-order chi connectivity index (χ1) is 10.1. The van der Waals surface area contributed by atoms with Crippen LogP contribution in [0, 0.1) is 11.8 Å². The molecule has 0 bridgehead atoms. The zero-order valence-electron chi connectivity index (χ0n) is 12.3. The van der Waals surface area contributed by atoms with Crippen molar-refractivity contribution >= 4 is 21.6 Å². The van der Waals surface area contributed by atoms with E-state index in [4.69, 9.17) is 5.73 Å². The van der Waals surface area contributed by atoms with Gasteiger partial charge in [0.1, 0.15) is 0 Å². The van der Waals surface area contributed by atoms with Crippen molar-refractivity contribution in [1.29, 1.82) is 0 Å². The van der Waals surface area contributed by atoms with Gasteiger partial charge in [-0.05, 0) is 59.7 Å². The van der Waals surface area contributed by atoms with Crippen molar-refractivity contribution in [1.82, 2.24) is 20.2 Å². The molecule has 21 heavy (non-hydrogen) atoms. The Bertz CT molecular complexity index is 639.